The first kappa shape index (κ1) is 20.1. The molecule has 0 aliphatic carbocycles. The van der Waals surface area contributed by atoms with Gasteiger partial charge in [-0.3, -0.25) is 4.79 Å². The van der Waals surface area contributed by atoms with E-state index in [-0.39, 0.29) is 22.6 Å². The highest BCUT2D eigenvalue weighted by Crippen LogP contribution is 2.17. The van der Waals surface area contributed by atoms with Crippen LogP contribution in [-0.4, -0.2) is 26.9 Å². The van der Waals surface area contributed by atoms with Crippen molar-refractivity contribution in [2.24, 2.45) is 5.73 Å². The summed E-state index contributed by atoms with van der Waals surface area (Å²) in [6.07, 6.45) is 2.88. The fourth-order valence-corrected chi connectivity index (χ4v) is 4.01. The van der Waals surface area contributed by atoms with E-state index >= 15 is 0 Å². The zero-order chi connectivity index (χ0) is 19.0. The number of benzene rings is 2. The maximum absolute atomic E-state index is 12.5. The molecule has 0 aliphatic rings. The van der Waals surface area contributed by atoms with Crippen LogP contribution in [0.4, 0.5) is 0 Å². The highest BCUT2D eigenvalue weighted by atomic mass is 32.2. The van der Waals surface area contributed by atoms with Gasteiger partial charge < -0.3 is 11.1 Å². The summed E-state index contributed by atoms with van der Waals surface area (Å²) in [5.74, 6) is -0.297. The highest BCUT2D eigenvalue weighted by molar-refractivity contribution is 7.90. The number of sulfone groups is 1. The molecule has 6 heteroatoms. The van der Waals surface area contributed by atoms with E-state index in [9.17, 15) is 13.2 Å². The minimum atomic E-state index is -3.45. The Labute approximate surface area is 155 Å². The second-order valence-electron chi connectivity index (χ2n) is 6.32. The Kier molecular flexibility index (Phi) is 7.36. The van der Waals surface area contributed by atoms with Crippen molar-refractivity contribution in [3.8, 4) is 0 Å². The van der Waals surface area contributed by atoms with Gasteiger partial charge in [-0.25, -0.2) is 8.42 Å². The highest BCUT2D eigenvalue weighted by Gasteiger charge is 2.17. The third-order valence-electron chi connectivity index (χ3n) is 4.20. The number of rotatable bonds is 9. The van der Waals surface area contributed by atoms with Crippen molar-refractivity contribution >= 4 is 15.7 Å². The number of nitrogens with one attached hydrogen (secondary N) is 1. The summed E-state index contributed by atoms with van der Waals surface area (Å²) < 4.78 is 25.0. The predicted molar refractivity (Wildman–Crippen MR) is 104 cm³/mol. The minimum absolute atomic E-state index is 0.0638. The largest absolute Gasteiger partial charge is 0.348 e. The van der Waals surface area contributed by atoms with Gasteiger partial charge in [0, 0.05) is 18.2 Å². The topological polar surface area (TPSA) is 89.3 Å². The van der Waals surface area contributed by atoms with Gasteiger partial charge in [0.25, 0.3) is 5.91 Å². The van der Waals surface area contributed by atoms with E-state index in [2.05, 4.69) is 12.2 Å². The predicted octanol–water partition coefficient (Wildman–Crippen LogP) is 2.91. The quantitative estimate of drug-likeness (QED) is 0.706. The van der Waals surface area contributed by atoms with Gasteiger partial charge >= 0.3 is 0 Å². The van der Waals surface area contributed by atoms with Gasteiger partial charge in [-0.05, 0) is 36.2 Å². The smallest absolute Gasteiger partial charge is 0.251 e. The van der Waals surface area contributed by atoms with Crippen LogP contribution in [-0.2, 0) is 15.6 Å². The minimum Gasteiger partial charge on any atom is -0.348 e. The first-order valence-corrected chi connectivity index (χ1v) is 10.5. The standard InChI is InChI=1S/C20H26N2O3S/c1-2-3-9-18(14-21)22-20(23)17-10-12-19(13-11-17)26(24,25)15-16-7-5-4-6-8-16/h4-8,10-13,18H,2-3,9,14-15,21H2,1H3,(H,22,23). The molecule has 1 amide bonds. The van der Waals surface area contributed by atoms with Crippen LogP contribution in [0, 0.1) is 0 Å². The molecule has 2 aromatic carbocycles. The molecule has 0 aliphatic heterocycles. The molecule has 0 saturated carbocycles. The third-order valence-corrected chi connectivity index (χ3v) is 5.90. The first-order chi connectivity index (χ1) is 12.5. The van der Waals surface area contributed by atoms with E-state index in [0.29, 0.717) is 12.1 Å². The summed E-state index contributed by atoms with van der Waals surface area (Å²) in [4.78, 5) is 12.5. The van der Waals surface area contributed by atoms with Crippen molar-refractivity contribution in [1.29, 1.82) is 0 Å². The van der Waals surface area contributed by atoms with Crippen molar-refractivity contribution in [2.75, 3.05) is 6.54 Å². The second-order valence-corrected chi connectivity index (χ2v) is 8.31. The van der Waals surface area contributed by atoms with Gasteiger partial charge in [0.05, 0.1) is 10.6 Å². The maximum atomic E-state index is 12.5. The van der Waals surface area contributed by atoms with E-state index in [4.69, 9.17) is 5.73 Å². The number of amides is 1. The Bertz CT molecular complexity index is 803. The Morgan fingerprint density at radius 1 is 1.08 bits per heavy atom. The molecule has 2 rings (SSSR count). The van der Waals surface area contributed by atoms with Crippen LogP contribution >= 0.6 is 0 Å². The SMILES string of the molecule is CCCCC(CN)NC(=O)c1ccc(S(=O)(=O)Cc2ccccc2)cc1. The average Bonchev–Trinajstić information content (AvgIpc) is 2.65. The summed E-state index contributed by atoms with van der Waals surface area (Å²) in [6, 6.07) is 15.0. The lowest BCUT2D eigenvalue weighted by atomic mass is 10.1. The molecule has 0 fully saturated rings. The molecule has 0 bridgehead atoms. The van der Waals surface area contributed by atoms with Crippen LogP contribution in [0.15, 0.2) is 59.5 Å². The number of nitrogens with two attached hydrogens (primary N) is 1. The maximum Gasteiger partial charge on any atom is 0.251 e. The van der Waals surface area contributed by atoms with Crippen LogP contribution in [0.2, 0.25) is 0 Å². The number of hydrogen-bond acceptors (Lipinski definition) is 4. The van der Waals surface area contributed by atoms with Crippen LogP contribution in [0.25, 0.3) is 0 Å². The summed E-state index contributed by atoms with van der Waals surface area (Å²) in [5.41, 5.74) is 6.86. The average molecular weight is 375 g/mol. The molecular formula is C20H26N2O3S. The molecule has 5 nitrogen and oxygen atoms in total. The van der Waals surface area contributed by atoms with Crippen LogP contribution in [0.1, 0.15) is 42.1 Å². The molecule has 1 unspecified atom stereocenters. The van der Waals surface area contributed by atoms with E-state index < -0.39 is 9.84 Å². The Balaban J connectivity index is 2.06. The Morgan fingerprint density at radius 2 is 1.73 bits per heavy atom. The molecule has 1 atom stereocenters. The van der Waals surface area contributed by atoms with Gasteiger partial charge in [0.2, 0.25) is 0 Å². The Morgan fingerprint density at radius 3 is 2.31 bits per heavy atom. The van der Waals surface area contributed by atoms with Crippen molar-refractivity contribution in [2.45, 2.75) is 42.9 Å². The molecular weight excluding hydrogens is 348 g/mol. The lowest BCUT2D eigenvalue weighted by Crippen LogP contribution is -2.40. The number of hydrogen-bond donors (Lipinski definition) is 2. The van der Waals surface area contributed by atoms with Gasteiger partial charge in [-0.2, -0.15) is 0 Å². The second kappa shape index (κ2) is 9.50. The number of carbonyl (C=O) groups is 1. The molecule has 3 N–H and O–H groups in total. The monoisotopic (exact) mass is 374 g/mol. The zero-order valence-corrected chi connectivity index (χ0v) is 15.8. The van der Waals surface area contributed by atoms with Gasteiger partial charge in [0.1, 0.15) is 0 Å². The van der Waals surface area contributed by atoms with E-state index in [1.54, 1.807) is 24.3 Å². The van der Waals surface area contributed by atoms with Crippen LogP contribution in [0.3, 0.4) is 0 Å². The van der Waals surface area contributed by atoms with Crippen molar-refractivity contribution in [3.63, 3.8) is 0 Å². The molecule has 2 aromatic rings. The molecule has 0 spiro atoms. The normalized spacial score (nSPS) is 12.5. The van der Waals surface area contributed by atoms with Crippen molar-refractivity contribution in [1.82, 2.24) is 5.32 Å². The van der Waals surface area contributed by atoms with Gasteiger partial charge in [0.15, 0.2) is 9.84 Å². The van der Waals surface area contributed by atoms with Crippen molar-refractivity contribution < 1.29 is 13.2 Å². The summed E-state index contributed by atoms with van der Waals surface area (Å²) in [6.45, 7) is 2.47. The third kappa shape index (κ3) is 5.68. The molecule has 0 aromatic heterocycles. The van der Waals surface area contributed by atoms with Crippen LogP contribution < -0.4 is 11.1 Å². The lowest BCUT2D eigenvalue weighted by Gasteiger charge is -2.16. The molecule has 140 valence electrons. The lowest BCUT2D eigenvalue weighted by molar-refractivity contribution is 0.0935. The summed E-state index contributed by atoms with van der Waals surface area (Å²) >= 11 is 0. The van der Waals surface area contributed by atoms with Crippen molar-refractivity contribution in [3.05, 3.63) is 65.7 Å². The first-order valence-electron chi connectivity index (χ1n) is 8.84. The number of carbonyl (C=O) groups excluding carboxylic acids is 1. The fraction of sp³-hybridized carbons (Fsp3) is 0.350. The van der Waals surface area contributed by atoms with E-state index in [0.717, 1.165) is 24.8 Å². The Hall–Kier alpha value is -2.18. The summed E-state index contributed by atoms with van der Waals surface area (Å²) in [7, 11) is -3.45. The van der Waals surface area contributed by atoms with Crippen LogP contribution in [0.5, 0.6) is 0 Å². The fourth-order valence-electron chi connectivity index (χ4n) is 2.66. The summed E-state index contributed by atoms with van der Waals surface area (Å²) in [5, 5.41) is 2.90. The van der Waals surface area contributed by atoms with Gasteiger partial charge in [-0.15, -0.1) is 0 Å². The zero-order valence-electron chi connectivity index (χ0n) is 15.0. The van der Waals surface area contributed by atoms with E-state index in [1.165, 1.54) is 12.1 Å². The molecule has 26 heavy (non-hydrogen) atoms. The molecule has 0 heterocycles. The number of unbranched alkanes of at least 4 members (excludes halogenated alkanes) is 1. The van der Waals surface area contributed by atoms with E-state index in [1.807, 2.05) is 18.2 Å². The molecule has 0 radical (unpaired) electrons. The van der Waals surface area contributed by atoms with Gasteiger partial charge in [-0.1, -0.05) is 50.1 Å². The molecule has 0 saturated heterocycles.